The third kappa shape index (κ3) is 2.81. The Morgan fingerprint density at radius 3 is 2.68 bits per heavy atom. The van der Waals surface area contributed by atoms with Gasteiger partial charge in [0.1, 0.15) is 0 Å². The monoisotopic (exact) mass is 258 g/mol. The number of carbonyl (C=O) groups excluding carboxylic acids is 1. The smallest absolute Gasteiger partial charge is 0.223 e. The molecular formula is C16H22N2O. The van der Waals surface area contributed by atoms with Crippen molar-refractivity contribution in [1.82, 2.24) is 5.32 Å². The maximum absolute atomic E-state index is 11.9. The highest BCUT2D eigenvalue weighted by Crippen LogP contribution is 2.26. The summed E-state index contributed by atoms with van der Waals surface area (Å²) in [4.78, 5) is 11.9. The van der Waals surface area contributed by atoms with Gasteiger partial charge in [0.2, 0.25) is 5.91 Å². The molecule has 1 aromatic rings. The highest BCUT2D eigenvalue weighted by atomic mass is 16.1. The second-order valence-corrected chi connectivity index (χ2v) is 5.96. The van der Waals surface area contributed by atoms with Crippen LogP contribution in [-0.2, 0) is 24.2 Å². The van der Waals surface area contributed by atoms with E-state index in [4.69, 9.17) is 5.73 Å². The summed E-state index contributed by atoms with van der Waals surface area (Å²) < 4.78 is 0. The molecule has 0 saturated heterocycles. The van der Waals surface area contributed by atoms with Gasteiger partial charge in [0.25, 0.3) is 0 Å². The average molecular weight is 258 g/mol. The lowest BCUT2D eigenvalue weighted by Crippen LogP contribution is -2.44. The number of benzene rings is 1. The van der Waals surface area contributed by atoms with Gasteiger partial charge in [-0.1, -0.05) is 18.2 Å². The first-order valence-corrected chi connectivity index (χ1v) is 7.36. The fourth-order valence-corrected chi connectivity index (χ4v) is 3.11. The van der Waals surface area contributed by atoms with Crippen molar-refractivity contribution in [3.05, 3.63) is 34.9 Å². The van der Waals surface area contributed by atoms with Crippen LogP contribution in [0.25, 0.3) is 0 Å². The number of aryl methyl sites for hydroxylation is 2. The molecule has 0 aliphatic heterocycles. The molecule has 19 heavy (non-hydrogen) atoms. The van der Waals surface area contributed by atoms with Crippen molar-refractivity contribution in [3.8, 4) is 0 Å². The molecule has 3 nitrogen and oxygen atoms in total. The SMILES string of the molecule is NC1CC(C(=O)NCc2ccc3c(c2)CCCC3)C1. The number of hydrogen-bond donors (Lipinski definition) is 2. The number of nitrogens with one attached hydrogen (secondary N) is 1. The summed E-state index contributed by atoms with van der Waals surface area (Å²) in [5.74, 6) is 0.312. The van der Waals surface area contributed by atoms with Gasteiger partial charge in [0.15, 0.2) is 0 Å². The lowest BCUT2D eigenvalue weighted by molar-refractivity contribution is -0.128. The molecule has 2 aliphatic rings. The molecule has 0 unspecified atom stereocenters. The van der Waals surface area contributed by atoms with Gasteiger partial charge in [-0.15, -0.1) is 0 Å². The van der Waals surface area contributed by atoms with E-state index in [0.717, 1.165) is 12.8 Å². The van der Waals surface area contributed by atoms with Crippen molar-refractivity contribution < 1.29 is 4.79 Å². The zero-order valence-electron chi connectivity index (χ0n) is 11.3. The largest absolute Gasteiger partial charge is 0.352 e. The first-order chi connectivity index (χ1) is 9.22. The zero-order valence-corrected chi connectivity index (χ0v) is 11.3. The maximum Gasteiger partial charge on any atom is 0.223 e. The van der Waals surface area contributed by atoms with E-state index in [-0.39, 0.29) is 17.9 Å². The van der Waals surface area contributed by atoms with Crippen molar-refractivity contribution in [2.75, 3.05) is 0 Å². The van der Waals surface area contributed by atoms with Gasteiger partial charge in [-0.25, -0.2) is 0 Å². The summed E-state index contributed by atoms with van der Waals surface area (Å²) in [5, 5.41) is 3.03. The lowest BCUT2D eigenvalue weighted by atomic mass is 9.80. The van der Waals surface area contributed by atoms with Gasteiger partial charge in [-0.2, -0.15) is 0 Å². The molecule has 3 rings (SSSR count). The predicted molar refractivity (Wildman–Crippen MR) is 75.6 cm³/mol. The van der Waals surface area contributed by atoms with Crippen LogP contribution in [-0.4, -0.2) is 11.9 Å². The summed E-state index contributed by atoms with van der Waals surface area (Å²) in [6, 6.07) is 6.88. The Hall–Kier alpha value is -1.35. The Labute approximate surface area is 114 Å². The topological polar surface area (TPSA) is 55.1 Å². The predicted octanol–water partition coefficient (Wildman–Crippen LogP) is 1.92. The highest BCUT2D eigenvalue weighted by Gasteiger charge is 2.31. The first kappa shape index (κ1) is 12.7. The molecule has 0 spiro atoms. The summed E-state index contributed by atoms with van der Waals surface area (Å²) in [6.45, 7) is 0.651. The molecule has 1 saturated carbocycles. The minimum Gasteiger partial charge on any atom is -0.352 e. The van der Waals surface area contributed by atoms with Gasteiger partial charge in [-0.05, 0) is 55.2 Å². The van der Waals surface area contributed by atoms with Crippen LogP contribution in [0, 0.1) is 5.92 Å². The Morgan fingerprint density at radius 1 is 1.21 bits per heavy atom. The van der Waals surface area contributed by atoms with Crippen molar-refractivity contribution in [2.45, 2.75) is 51.1 Å². The fourth-order valence-electron chi connectivity index (χ4n) is 3.11. The Kier molecular flexibility index (Phi) is 3.56. The van der Waals surface area contributed by atoms with Crippen LogP contribution in [0.2, 0.25) is 0 Å². The molecule has 3 N–H and O–H groups in total. The molecule has 0 atom stereocenters. The van der Waals surface area contributed by atoms with E-state index in [1.807, 2.05) is 0 Å². The van der Waals surface area contributed by atoms with Crippen molar-refractivity contribution in [1.29, 1.82) is 0 Å². The van der Waals surface area contributed by atoms with E-state index in [9.17, 15) is 4.79 Å². The van der Waals surface area contributed by atoms with Crippen LogP contribution in [0.5, 0.6) is 0 Å². The number of carbonyl (C=O) groups is 1. The van der Waals surface area contributed by atoms with Gasteiger partial charge >= 0.3 is 0 Å². The number of fused-ring (bicyclic) bond motifs is 1. The third-order valence-corrected chi connectivity index (χ3v) is 4.42. The molecule has 0 aromatic heterocycles. The number of rotatable bonds is 3. The van der Waals surface area contributed by atoms with E-state index >= 15 is 0 Å². The summed E-state index contributed by atoms with van der Waals surface area (Å²) >= 11 is 0. The average Bonchev–Trinajstić information content (AvgIpc) is 2.41. The zero-order chi connectivity index (χ0) is 13.2. The lowest BCUT2D eigenvalue weighted by Gasteiger charge is -2.31. The third-order valence-electron chi connectivity index (χ3n) is 4.42. The summed E-state index contributed by atoms with van der Waals surface area (Å²) in [6.07, 6.45) is 6.69. The van der Waals surface area contributed by atoms with Gasteiger partial charge in [0.05, 0.1) is 0 Å². The van der Waals surface area contributed by atoms with Crippen molar-refractivity contribution in [3.63, 3.8) is 0 Å². The molecule has 0 bridgehead atoms. The van der Waals surface area contributed by atoms with Gasteiger partial charge in [0, 0.05) is 18.5 Å². The van der Waals surface area contributed by atoms with Crippen molar-refractivity contribution in [2.24, 2.45) is 11.7 Å². The number of nitrogens with two attached hydrogens (primary N) is 1. The molecule has 102 valence electrons. The minimum atomic E-state index is 0.146. The molecule has 1 aromatic carbocycles. The molecule has 1 fully saturated rings. The Balaban J connectivity index is 1.56. The molecule has 2 aliphatic carbocycles. The first-order valence-electron chi connectivity index (χ1n) is 7.36. The van der Waals surface area contributed by atoms with Crippen LogP contribution in [0.4, 0.5) is 0 Å². The number of amides is 1. The summed E-state index contributed by atoms with van der Waals surface area (Å²) in [7, 11) is 0. The normalized spacial score (nSPS) is 25.3. The van der Waals surface area contributed by atoms with Gasteiger partial charge in [-0.3, -0.25) is 4.79 Å². The molecule has 1 amide bonds. The van der Waals surface area contributed by atoms with Crippen LogP contribution < -0.4 is 11.1 Å². The van der Waals surface area contributed by atoms with E-state index in [1.165, 1.54) is 42.4 Å². The molecule has 0 radical (unpaired) electrons. The van der Waals surface area contributed by atoms with Crippen LogP contribution >= 0.6 is 0 Å². The van der Waals surface area contributed by atoms with Crippen LogP contribution in [0.3, 0.4) is 0 Å². The van der Waals surface area contributed by atoms with Crippen LogP contribution in [0.15, 0.2) is 18.2 Å². The van der Waals surface area contributed by atoms with E-state index < -0.39 is 0 Å². The van der Waals surface area contributed by atoms with E-state index in [0.29, 0.717) is 6.54 Å². The highest BCUT2D eigenvalue weighted by molar-refractivity contribution is 5.79. The quantitative estimate of drug-likeness (QED) is 0.870. The second-order valence-electron chi connectivity index (χ2n) is 5.96. The summed E-state index contributed by atoms with van der Waals surface area (Å²) in [5.41, 5.74) is 9.90. The van der Waals surface area contributed by atoms with E-state index in [1.54, 1.807) is 0 Å². The standard InChI is InChI=1S/C16H22N2O/c17-15-8-14(9-15)16(19)18-10-11-5-6-12-3-1-2-4-13(12)7-11/h5-7,14-15H,1-4,8-10,17H2,(H,18,19). The fraction of sp³-hybridized carbons (Fsp3) is 0.562. The van der Waals surface area contributed by atoms with E-state index in [2.05, 4.69) is 23.5 Å². The molecular weight excluding hydrogens is 236 g/mol. The van der Waals surface area contributed by atoms with Crippen molar-refractivity contribution >= 4 is 5.91 Å². The Bertz CT molecular complexity index is 478. The second kappa shape index (κ2) is 5.33. The molecule has 0 heterocycles. The van der Waals surface area contributed by atoms with Gasteiger partial charge < -0.3 is 11.1 Å². The minimum absolute atomic E-state index is 0.146. The Morgan fingerprint density at radius 2 is 1.95 bits per heavy atom. The maximum atomic E-state index is 11.9. The van der Waals surface area contributed by atoms with Crippen LogP contribution in [0.1, 0.15) is 42.4 Å². The number of hydrogen-bond acceptors (Lipinski definition) is 2. The molecule has 3 heteroatoms.